The van der Waals surface area contributed by atoms with Crippen LogP contribution in [-0.4, -0.2) is 30.1 Å². The van der Waals surface area contributed by atoms with Gasteiger partial charge >= 0.3 is 0 Å². The number of benzene rings is 1. The largest absolute Gasteiger partial charge is 0.315 e. The maximum atomic E-state index is 13.7. The van der Waals surface area contributed by atoms with Crippen LogP contribution in [0.3, 0.4) is 0 Å². The van der Waals surface area contributed by atoms with Crippen LogP contribution in [0, 0.1) is 11.6 Å². The fourth-order valence-electron chi connectivity index (χ4n) is 3.21. The van der Waals surface area contributed by atoms with Crippen molar-refractivity contribution in [1.82, 2.24) is 10.2 Å². The third-order valence-corrected chi connectivity index (χ3v) is 4.21. The number of hydrogen-bond donors (Lipinski definition) is 1. The highest BCUT2D eigenvalue weighted by Crippen LogP contribution is 2.30. The number of fused-ring (bicyclic) bond motifs is 2. The van der Waals surface area contributed by atoms with Gasteiger partial charge in [-0.25, -0.2) is 8.78 Å². The third kappa shape index (κ3) is 2.91. The summed E-state index contributed by atoms with van der Waals surface area (Å²) in [6, 6.07) is 5.01. The first-order chi connectivity index (χ1) is 8.75. The molecule has 2 fully saturated rings. The first-order valence-corrected chi connectivity index (χ1v) is 6.65. The molecule has 2 nitrogen and oxygen atoms in total. The van der Waals surface area contributed by atoms with Gasteiger partial charge in [0.2, 0.25) is 0 Å². The summed E-state index contributed by atoms with van der Waals surface area (Å²) in [4.78, 5) is 2.28. The molecule has 0 aliphatic carbocycles. The fraction of sp³-hybridized carbons (Fsp3) is 0.571. The van der Waals surface area contributed by atoms with E-state index in [1.807, 2.05) is 0 Å². The Morgan fingerprint density at radius 1 is 1.11 bits per heavy atom. The second-order valence-corrected chi connectivity index (χ2v) is 5.25. The Hall–Kier alpha value is -0.710. The smallest absolute Gasteiger partial charge is 0.130 e. The number of hydrogen-bond acceptors (Lipinski definition) is 2. The number of nitrogens with one attached hydrogen (secondary N) is 1. The Balaban J connectivity index is 0.00000133. The van der Waals surface area contributed by atoms with Crippen molar-refractivity contribution in [3.05, 3.63) is 35.4 Å². The third-order valence-electron chi connectivity index (χ3n) is 4.21. The lowest BCUT2D eigenvalue weighted by atomic mass is 10.1. The zero-order valence-electron chi connectivity index (χ0n) is 10.7. The van der Waals surface area contributed by atoms with Crippen LogP contribution in [0.1, 0.15) is 24.8 Å². The summed E-state index contributed by atoms with van der Waals surface area (Å²) in [5, 5.41) is 3.39. The molecule has 2 aliphatic heterocycles. The Kier molecular flexibility index (Phi) is 4.76. The van der Waals surface area contributed by atoms with Gasteiger partial charge in [0.25, 0.3) is 0 Å². The number of rotatable bonds is 2. The summed E-state index contributed by atoms with van der Waals surface area (Å²) in [6.07, 6.45) is 3.36. The molecule has 0 saturated carbocycles. The minimum atomic E-state index is -0.424. The number of halogens is 3. The first kappa shape index (κ1) is 14.7. The molecule has 1 N–H and O–H groups in total. The van der Waals surface area contributed by atoms with Crippen molar-refractivity contribution in [3.8, 4) is 0 Å². The van der Waals surface area contributed by atoms with Gasteiger partial charge in [-0.05, 0) is 37.9 Å². The minimum Gasteiger partial charge on any atom is -0.315 e. The molecule has 1 aromatic carbocycles. The Bertz CT molecular complexity index is 407. The molecule has 2 atom stereocenters. The highest BCUT2D eigenvalue weighted by Gasteiger charge is 2.35. The van der Waals surface area contributed by atoms with E-state index in [0.29, 0.717) is 18.6 Å². The normalized spacial score (nSPS) is 26.8. The first-order valence-electron chi connectivity index (χ1n) is 6.65. The van der Waals surface area contributed by atoms with E-state index in [0.717, 1.165) is 32.4 Å². The molecule has 0 amide bonds. The maximum Gasteiger partial charge on any atom is 0.130 e. The lowest BCUT2D eigenvalue weighted by Gasteiger charge is -2.27. The van der Waals surface area contributed by atoms with Crippen molar-refractivity contribution in [2.45, 2.75) is 37.9 Å². The van der Waals surface area contributed by atoms with Crippen LogP contribution in [0.2, 0.25) is 0 Å². The average molecular weight is 289 g/mol. The van der Waals surface area contributed by atoms with E-state index in [9.17, 15) is 8.78 Å². The van der Waals surface area contributed by atoms with Crippen molar-refractivity contribution in [2.75, 3.05) is 13.1 Å². The van der Waals surface area contributed by atoms with E-state index < -0.39 is 11.6 Å². The van der Waals surface area contributed by atoms with Gasteiger partial charge in [0.1, 0.15) is 11.6 Å². The molecule has 1 aromatic rings. The van der Waals surface area contributed by atoms with Crippen LogP contribution in [0.4, 0.5) is 8.78 Å². The zero-order valence-corrected chi connectivity index (χ0v) is 11.6. The highest BCUT2D eigenvalue weighted by molar-refractivity contribution is 5.85. The highest BCUT2D eigenvalue weighted by atomic mass is 35.5. The predicted octanol–water partition coefficient (Wildman–Crippen LogP) is 2.71. The van der Waals surface area contributed by atoms with Crippen molar-refractivity contribution in [2.24, 2.45) is 0 Å². The molecule has 19 heavy (non-hydrogen) atoms. The van der Waals surface area contributed by atoms with E-state index in [2.05, 4.69) is 10.2 Å². The van der Waals surface area contributed by atoms with Crippen molar-refractivity contribution < 1.29 is 8.78 Å². The molecule has 106 valence electrons. The average Bonchev–Trinajstić information content (AvgIpc) is 2.57. The standard InChI is InChI=1S/C14H18F2N2.ClH/c15-13-2-1-3-14(16)12(13)9-18-10-4-5-11(18)8-17-7-6-10;/h1-3,10-11,17H,4-9H2;1H. The molecule has 2 unspecified atom stereocenters. The second-order valence-electron chi connectivity index (χ2n) is 5.25. The topological polar surface area (TPSA) is 15.3 Å². The van der Waals surface area contributed by atoms with Gasteiger partial charge in [-0.2, -0.15) is 0 Å². The van der Waals surface area contributed by atoms with Gasteiger partial charge in [-0.3, -0.25) is 4.90 Å². The fourth-order valence-corrected chi connectivity index (χ4v) is 3.21. The molecular weight excluding hydrogens is 270 g/mol. The lowest BCUT2D eigenvalue weighted by molar-refractivity contribution is 0.188. The van der Waals surface area contributed by atoms with Gasteiger partial charge in [-0.15, -0.1) is 12.4 Å². The predicted molar refractivity (Wildman–Crippen MR) is 73.4 cm³/mol. The molecule has 5 heteroatoms. The monoisotopic (exact) mass is 288 g/mol. The van der Waals surface area contributed by atoms with E-state index in [-0.39, 0.29) is 18.0 Å². The van der Waals surface area contributed by atoms with Gasteiger partial charge in [0, 0.05) is 30.7 Å². The summed E-state index contributed by atoms with van der Waals surface area (Å²) in [7, 11) is 0. The molecule has 0 radical (unpaired) electrons. The Morgan fingerprint density at radius 2 is 1.79 bits per heavy atom. The molecule has 2 bridgehead atoms. The van der Waals surface area contributed by atoms with E-state index in [1.54, 1.807) is 0 Å². The zero-order chi connectivity index (χ0) is 12.5. The minimum absolute atomic E-state index is 0. The Morgan fingerprint density at radius 3 is 2.53 bits per heavy atom. The quantitative estimate of drug-likeness (QED) is 0.900. The van der Waals surface area contributed by atoms with Gasteiger partial charge in [-0.1, -0.05) is 6.07 Å². The number of nitrogens with zero attached hydrogens (tertiary/aromatic N) is 1. The maximum absolute atomic E-state index is 13.7. The van der Waals surface area contributed by atoms with Crippen molar-refractivity contribution in [3.63, 3.8) is 0 Å². The Labute approximate surface area is 118 Å². The summed E-state index contributed by atoms with van der Waals surface area (Å²) in [5.41, 5.74) is 0.219. The molecule has 0 aromatic heterocycles. The van der Waals surface area contributed by atoms with Crippen molar-refractivity contribution in [1.29, 1.82) is 0 Å². The van der Waals surface area contributed by atoms with E-state index >= 15 is 0 Å². The molecule has 0 spiro atoms. The molecule has 2 aliphatic rings. The van der Waals surface area contributed by atoms with Gasteiger partial charge in [0.15, 0.2) is 0 Å². The van der Waals surface area contributed by atoms with Crippen LogP contribution < -0.4 is 5.32 Å². The van der Waals surface area contributed by atoms with Crippen LogP contribution in [0.5, 0.6) is 0 Å². The van der Waals surface area contributed by atoms with Crippen LogP contribution in [0.25, 0.3) is 0 Å². The van der Waals surface area contributed by atoms with Crippen LogP contribution in [0.15, 0.2) is 18.2 Å². The van der Waals surface area contributed by atoms with Crippen LogP contribution in [-0.2, 0) is 6.54 Å². The van der Waals surface area contributed by atoms with Gasteiger partial charge in [0.05, 0.1) is 0 Å². The van der Waals surface area contributed by atoms with Gasteiger partial charge < -0.3 is 5.32 Å². The van der Waals surface area contributed by atoms with Crippen LogP contribution >= 0.6 is 12.4 Å². The SMILES string of the molecule is Cl.Fc1cccc(F)c1CN1C2CCNCC1CC2. The lowest BCUT2D eigenvalue weighted by Crippen LogP contribution is -2.37. The summed E-state index contributed by atoms with van der Waals surface area (Å²) in [5.74, 6) is -0.849. The van der Waals surface area contributed by atoms with Crippen molar-refractivity contribution >= 4 is 12.4 Å². The van der Waals surface area contributed by atoms with E-state index in [4.69, 9.17) is 0 Å². The summed E-state index contributed by atoms with van der Waals surface area (Å²) >= 11 is 0. The summed E-state index contributed by atoms with van der Waals surface area (Å²) in [6.45, 7) is 2.35. The molecule has 3 rings (SSSR count). The van der Waals surface area contributed by atoms with E-state index in [1.165, 1.54) is 18.2 Å². The molecule has 2 saturated heterocycles. The molecular formula is C14H19ClF2N2. The second kappa shape index (κ2) is 6.16. The summed E-state index contributed by atoms with van der Waals surface area (Å²) < 4.78 is 27.4. The molecule has 2 heterocycles.